The van der Waals surface area contributed by atoms with E-state index in [-0.39, 0.29) is 0 Å². The summed E-state index contributed by atoms with van der Waals surface area (Å²) < 4.78 is 0. The Balaban J connectivity index is 2.85. The van der Waals surface area contributed by atoms with Crippen LogP contribution >= 0.6 is 0 Å². The van der Waals surface area contributed by atoms with Crippen LogP contribution in [0.1, 0.15) is 12.7 Å². The van der Waals surface area contributed by atoms with Crippen molar-refractivity contribution in [2.24, 2.45) is 0 Å². The van der Waals surface area contributed by atoms with Crippen molar-refractivity contribution in [2.75, 3.05) is 0 Å². The van der Waals surface area contributed by atoms with Crippen molar-refractivity contribution in [1.82, 2.24) is 20.2 Å². The third kappa shape index (κ3) is 1.35. The molecule has 0 radical (unpaired) electrons. The van der Waals surface area contributed by atoms with Crippen LogP contribution in [-0.4, -0.2) is 20.2 Å². The zero-order valence-corrected chi connectivity index (χ0v) is 5.44. The SMILES string of the molecule is CC=Cn1nnc(C)n1. The van der Waals surface area contributed by atoms with E-state index in [1.165, 1.54) is 4.80 Å². The van der Waals surface area contributed by atoms with Gasteiger partial charge in [0.15, 0.2) is 5.82 Å². The second kappa shape index (κ2) is 2.39. The van der Waals surface area contributed by atoms with Crippen molar-refractivity contribution >= 4 is 6.20 Å². The highest BCUT2D eigenvalue weighted by molar-refractivity contribution is 5.14. The van der Waals surface area contributed by atoms with Crippen molar-refractivity contribution < 1.29 is 0 Å². The van der Waals surface area contributed by atoms with E-state index in [9.17, 15) is 0 Å². The number of nitrogens with zero attached hydrogens (tertiary/aromatic N) is 4. The van der Waals surface area contributed by atoms with E-state index >= 15 is 0 Å². The van der Waals surface area contributed by atoms with E-state index in [1.807, 2.05) is 13.0 Å². The first kappa shape index (κ1) is 5.94. The molecule has 4 heteroatoms. The summed E-state index contributed by atoms with van der Waals surface area (Å²) in [6, 6.07) is 0. The summed E-state index contributed by atoms with van der Waals surface area (Å²) >= 11 is 0. The van der Waals surface area contributed by atoms with Gasteiger partial charge in [-0.2, -0.15) is 0 Å². The molecule has 9 heavy (non-hydrogen) atoms. The van der Waals surface area contributed by atoms with Crippen LogP contribution in [-0.2, 0) is 0 Å². The van der Waals surface area contributed by atoms with Crippen LogP contribution in [0.25, 0.3) is 6.20 Å². The molecule has 0 spiro atoms. The van der Waals surface area contributed by atoms with Gasteiger partial charge in [0.05, 0.1) is 0 Å². The van der Waals surface area contributed by atoms with Gasteiger partial charge >= 0.3 is 0 Å². The van der Waals surface area contributed by atoms with Crippen LogP contribution in [0.2, 0.25) is 0 Å². The van der Waals surface area contributed by atoms with Crippen LogP contribution < -0.4 is 0 Å². The monoisotopic (exact) mass is 124 g/mol. The second-order valence-corrected chi connectivity index (χ2v) is 1.64. The highest BCUT2D eigenvalue weighted by atomic mass is 15.6. The molecule has 4 nitrogen and oxygen atoms in total. The van der Waals surface area contributed by atoms with Crippen molar-refractivity contribution in [2.45, 2.75) is 13.8 Å². The first-order chi connectivity index (χ1) is 4.33. The van der Waals surface area contributed by atoms with Gasteiger partial charge in [-0.1, -0.05) is 6.08 Å². The summed E-state index contributed by atoms with van der Waals surface area (Å²) in [5.74, 6) is 0.688. The number of aromatic nitrogens is 4. The van der Waals surface area contributed by atoms with Crippen molar-refractivity contribution in [1.29, 1.82) is 0 Å². The van der Waals surface area contributed by atoms with E-state index in [0.29, 0.717) is 5.82 Å². The number of hydrogen-bond donors (Lipinski definition) is 0. The van der Waals surface area contributed by atoms with E-state index in [2.05, 4.69) is 15.4 Å². The van der Waals surface area contributed by atoms with E-state index in [4.69, 9.17) is 0 Å². The molecule has 1 heterocycles. The minimum Gasteiger partial charge on any atom is -0.139 e. The second-order valence-electron chi connectivity index (χ2n) is 1.64. The molecule has 48 valence electrons. The number of allylic oxidation sites excluding steroid dienone is 1. The van der Waals surface area contributed by atoms with Gasteiger partial charge in [-0.05, 0) is 19.1 Å². The van der Waals surface area contributed by atoms with Crippen molar-refractivity contribution in [3.63, 3.8) is 0 Å². The smallest absolute Gasteiger partial charge is 0.139 e. The van der Waals surface area contributed by atoms with Crippen LogP contribution in [0.4, 0.5) is 0 Å². The molecular formula is C5H8N4. The molecule has 0 bridgehead atoms. The topological polar surface area (TPSA) is 43.6 Å². The highest BCUT2D eigenvalue weighted by Gasteiger charge is 1.88. The Bertz CT molecular complexity index is 212. The largest absolute Gasteiger partial charge is 0.172 e. The lowest BCUT2D eigenvalue weighted by atomic mass is 10.7. The molecule has 0 aliphatic heterocycles. The Kier molecular flexibility index (Phi) is 1.58. The quantitative estimate of drug-likeness (QED) is 0.546. The Morgan fingerprint density at radius 3 is 2.78 bits per heavy atom. The van der Waals surface area contributed by atoms with Crippen LogP contribution in [0.15, 0.2) is 6.08 Å². The van der Waals surface area contributed by atoms with Gasteiger partial charge in [-0.15, -0.1) is 15.0 Å². The fourth-order valence-electron chi connectivity index (χ4n) is 0.495. The zero-order valence-electron chi connectivity index (χ0n) is 5.44. The van der Waals surface area contributed by atoms with E-state index in [0.717, 1.165) is 0 Å². The minimum absolute atomic E-state index is 0.688. The molecule has 0 fully saturated rings. The van der Waals surface area contributed by atoms with Gasteiger partial charge in [0.2, 0.25) is 0 Å². The van der Waals surface area contributed by atoms with E-state index in [1.54, 1.807) is 13.1 Å². The van der Waals surface area contributed by atoms with Crippen LogP contribution in [0.3, 0.4) is 0 Å². The fraction of sp³-hybridized carbons (Fsp3) is 0.400. The summed E-state index contributed by atoms with van der Waals surface area (Å²) in [4.78, 5) is 1.43. The Morgan fingerprint density at radius 1 is 1.56 bits per heavy atom. The van der Waals surface area contributed by atoms with Crippen molar-refractivity contribution in [3.8, 4) is 0 Å². The van der Waals surface area contributed by atoms with Gasteiger partial charge in [-0.3, -0.25) is 0 Å². The fourth-order valence-corrected chi connectivity index (χ4v) is 0.495. The van der Waals surface area contributed by atoms with Crippen molar-refractivity contribution in [3.05, 3.63) is 11.9 Å². The molecule has 0 aliphatic rings. The Morgan fingerprint density at radius 2 is 2.33 bits per heavy atom. The van der Waals surface area contributed by atoms with Gasteiger partial charge in [0.1, 0.15) is 0 Å². The minimum atomic E-state index is 0.688. The lowest BCUT2D eigenvalue weighted by Gasteiger charge is -1.79. The molecule has 0 amide bonds. The van der Waals surface area contributed by atoms with Crippen LogP contribution in [0.5, 0.6) is 0 Å². The standard InChI is InChI=1S/C5H8N4/c1-3-4-9-7-5(2)6-8-9/h3-4H,1-2H3. The zero-order chi connectivity index (χ0) is 6.69. The molecule has 1 rings (SSSR count). The number of aryl methyl sites for hydroxylation is 1. The summed E-state index contributed by atoms with van der Waals surface area (Å²) in [6.07, 6.45) is 3.58. The molecular weight excluding hydrogens is 116 g/mol. The molecule has 1 aromatic heterocycles. The lowest BCUT2D eigenvalue weighted by molar-refractivity contribution is 0.757. The predicted molar refractivity (Wildman–Crippen MR) is 33.6 cm³/mol. The molecule has 0 unspecified atom stereocenters. The molecule has 0 N–H and O–H groups in total. The van der Waals surface area contributed by atoms with Crippen LogP contribution in [0, 0.1) is 6.92 Å². The first-order valence-electron chi connectivity index (χ1n) is 2.72. The molecule has 0 atom stereocenters. The highest BCUT2D eigenvalue weighted by Crippen LogP contribution is 1.81. The summed E-state index contributed by atoms with van der Waals surface area (Å²) in [7, 11) is 0. The molecule has 0 saturated carbocycles. The third-order valence-electron chi connectivity index (χ3n) is 0.811. The van der Waals surface area contributed by atoms with Gasteiger partial charge < -0.3 is 0 Å². The normalized spacial score (nSPS) is 10.9. The third-order valence-corrected chi connectivity index (χ3v) is 0.811. The molecule has 0 aliphatic carbocycles. The maximum atomic E-state index is 3.91. The van der Waals surface area contributed by atoms with Gasteiger partial charge in [0, 0.05) is 6.20 Å². The maximum Gasteiger partial charge on any atom is 0.172 e. The maximum absolute atomic E-state index is 3.91. The number of hydrogen-bond acceptors (Lipinski definition) is 3. The predicted octanol–water partition coefficient (Wildman–Crippen LogP) is 0.472. The van der Waals surface area contributed by atoms with Gasteiger partial charge in [0.25, 0.3) is 0 Å². The number of tetrazole rings is 1. The Labute approximate surface area is 53.2 Å². The number of rotatable bonds is 1. The lowest BCUT2D eigenvalue weighted by Crippen LogP contribution is -1.90. The summed E-state index contributed by atoms with van der Waals surface area (Å²) in [5, 5.41) is 11.3. The average molecular weight is 124 g/mol. The first-order valence-corrected chi connectivity index (χ1v) is 2.72. The molecule has 0 saturated heterocycles. The Hall–Kier alpha value is -1.19. The summed E-state index contributed by atoms with van der Waals surface area (Å²) in [6.45, 7) is 3.70. The van der Waals surface area contributed by atoms with Gasteiger partial charge in [-0.25, -0.2) is 0 Å². The molecule has 0 aromatic carbocycles. The average Bonchev–Trinajstić information content (AvgIpc) is 2.17. The van der Waals surface area contributed by atoms with E-state index < -0.39 is 0 Å². The summed E-state index contributed by atoms with van der Waals surface area (Å²) in [5.41, 5.74) is 0. The molecule has 1 aromatic rings.